The third-order valence-corrected chi connectivity index (χ3v) is 7.76. The quantitative estimate of drug-likeness (QED) is 0.160. The Labute approximate surface area is 289 Å². The molecule has 1 saturated carbocycles. The molecule has 2 aliphatic rings. The van der Waals surface area contributed by atoms with E-state index in [1.807, 2.05) is 20.8 Å². The molecule has 4 atom stereocenters. The van der Waals surface area contributed by atoms with Crippen LogP contribution in [0.2, 0.25) is 0 Å². The molecule has 13 heteroatoms. The fourth-order valence-corrected chi connectivity index (χ4v) is 5.35. The number of hydrogen-bond acceptors (Lipinski definition) is 8. The lowest BCUT2D eigenvalue weighted by molar-refractivity contribution is -0.153. The summed E-state index contributed by atoms with van der Waals surface area (Å²) in [7, 11) is 1.50. The molecular weight excluding hydrogens is 616 g/mol. The Morgan fingerprint density at radius 1 is 0.979 bits per heavy atom. The summed E-state index contributed by atoms with van der Waals surface area (Å²) in [6.07, 6.45) is 6.29. The van der Waals surface area contributed by atoms with Crippen LogP contribution in [0, 0.1) is 16.7 Å². The minimum Gasteiger partial charge on any atom is -0.459 e. The molecular formula is C35H68N6O7. The first kappa shape index (κ1) is 46.9. The number of ether oxygens (including phenoxy) is 1. The average Bonchev–Trinajstić information content (AvgIpc) is 3.64. The van der Waals surface area contributed by atoms with Crippen molar-refractivity contribution in [2.24, 2.45) is 28.2 Å². The fraction of sp³-hybridized carbons (Fsp3) is 0.829. The Morgan fingerprint density at radius 3 is 1.92 bits per heavy atom. The monoisotopic (exact) mass is 685 g/mol. The van der Waals surface area contributed by atoms with Crippen molar-refractivity contribution < 1.29 is 33.5 Å². The number of Topliss-reactive ketones (excluding diaryl/α,β-unsaturated/α-hetero) is 1. The molecule has 1 aliphatic heterocycles. The van der Waals surface area contributed by atoms with Gasteiger partial charge in [0.05, 0.1) is 6.04 Å². The second-order valence-corrected chi connectivity index (χ2v) is 15.5. The van der Waals surface area contributed by atoms with Gasteiger partial charge in [-0.1, -0.05) is 67.7 Å². The van der Waals surface area contributed by atoms with E-state index in [0.717, 1.165) is 32.1 Å². The molecule has 0 radical (unpaired) electrons. The van der Waals surface area contributed by atoms with E-state index < -0.39 is 41.1 Å². The topological polar surface area (TPSA) is 203 Å². The molecule has 0 spiro atoms. The maximum atomic E-state index is 13.9. The zero-order valence-corrected chi connectivity index (χ0v) is 31.9. The van der Waals surface area contributed by atoms with Crippen molar-refractivity contribution in [2.75, 3.05) is 20.1 Å². The molecule has 1 heterocycles. The van der Waals surface area contributed by atoms with Crippen molar-refractivity contribution in [3.8, 4) is 0 Å². The largest absolute Gasteiger partial charge is 0.459 e. The predicted molar refractivity (Wildman–Crippen MR) is 190 cm³/mol. The lowest BCUT2D eigenvalue weighted by atomic mass is 9.79. The summed E-state index contributed by atoms with van der Waals surface area (Å²) in [5.74, 6) is -1.03. The maximum Gasteiger partial charge on any atom is 0.325 e. The average molecular weight is 685 g/mol. The first-order valence-corrected chi connectivity index (χ1v) is 17.2. The number of nitrogens with zero attached hydrogens (tertiary/aromatic N) is 1. The molecule has 5 amide bonds. The Hall–Kier alpha value is -3.22. The van der Waals surface area contributed by atoms with Crippen molar-refractivity contribution in [1.82, 2.24) is 20.9 Å². The van der Waals surface area contributed by atoms with Gasteiger partial charge in [-0.05, 0) is 83.6 Å². The van der Waals surface area contributed by atoms with Gasteiger partial charge in [-0.25, -0.2) is 4.79 Å². The number of ketones is 1. The smallest absolute Gasteiger partial charge is 0.325 e. The van der Waals surface area contributed by atoms with Crippen LogP contribution < -0.4 is 27.4 Å². The van der Waals surface area contributed by atoms with Gasteiger partial charge in [0, 0.05) is 6.54 Å². The summed E-state index contributed by atoms with van der Waals surface area (Å²) < 4.78 is 5.24. The van der Waals surface area contributed by atoms with Crippen molar-refractivity contribution in [2.45, 2.75) is 151 Å². The standard InChI is InChI=1S/C28H48N4O6.C5H12.CH3NO.CH5N/c1-8-18(2)16-20(19(3)33)30-24(35)21-12-11-15-32(21)25(36)23(28(7)13-9-10-14-28)31-26(37)29-17-22(34)38-27(4,5)6;1-5(2,3)4;2-1-3;1-2/h18,20-21,23H,8-17H2,1-7H3,(H,30,35)(H2,29,31,37);1-4H3;1H,(H2,2,3);2H2,1H3. The van der Waals surface area contributed by atoms with Crippen LogP contribution in [-0.2, 0) is 28.7 Å². The molecule has 0 aromatic heterocycles. The van der Waals surface area contributed by atoms with Gasteiger partial charge < -0.3 is 37.1 Å². The number of hydrogen-bond donors (Lipinski definition) is 5. The summed E-state index contributed by atoms with van der Waals surface area (Å²) >= 11 is 0. The summed E-state index contributed by atoms with van der Waals surface area (Å²) in [6, 6.07) is -2.76. The van der Waals surface area contributed by atoms with Crippen LogP contribution in [0.25, 0.3) is 0 Å². The van der Waals surface area contributed by atoms with Crippen molar-refractivity contribution >= 4 is 36.0 Å². The molecule has 13 nitrogen and oxygen atoms in total. The number of primary amides is 1. The number of carbonyl (C=O) groups excluding carboxylic acids is 6. The van der Waals surface area contributed by atoms with E-state index in [9.17, 15) is 24.0 Å². The summed E-state index contributed by atoms with van der Waals surface area (Å²) in [4.78, 5) is 74.4. The Bertz CT molecular complexity index is 1010. The Kier molecular flexibility index (Phi) is 21.9. The minimum atomic E-state index is -0.847. The van der Waals surface area contributed by atoms with Crippen LogP contribution in [0.5, 0.6) is 0 Å². The number of nitrogens with one attached hydrogen (secondary N) is 3. The third-order valence-electron chi connectivity index (χ3n) is 7.76. The normalized spacial score (nSPS) is 18.4. The van der Waals surface area contributed by atoms with Gasteiger partial charge in [-0.15, -0.1) is 0 Å². The molecule has 2 fully saturated rings. The SMILES string of the molecule is CC(C)(C)C.CCC(C)CC(NC(=O)C1CCCN1C(=O)C(NC(=O)NCC(=O)OC(C)(C)C)C1(C)CCCC1)C(C)=O.CN.NC=O. The number of nitrogens with two attached hydrogens (primary N) is 2. The van der Waals surface area contributed by atoms with E-state index in [1.54, 1.807) is 25.7 Å². The van der Waals surface area contributed by atoms with Crippen LogP contribution in [0.3, 0.4) is 0 Å². The summed E-state index contributed by atoms with van der Waals surface area (Å²) in [6.45, 7) is 21.6. The van der Waals surface area contributed by atoms with Crippen molar-refractivity contribution in [3.63, 3.8) is 0 Å². The maximum absolute atomic E-state index is 13.9. The molecule has 0 aromatic carbocycles. The van der Waals surface area contributed by atoms with Crippen LogP contribution >= 0.6 is 0 Å². The molecule has 1 saturated heterocycles. The fourth-order valence-electron chi connectivity index (χ4n) is 5.35. The zero-order valence-electron chi connectivity index (χ0n) is 31.9. The molecule has 0 aromatic rings. The van der Waals surface area contributed by atoms with Crippen LogP contribution in [0.15, 0.2) is 0 Å². The number of urea groups is 1. The Balaban J connectivity index is 0. The van der Waals surface area contributed by atoms with E-state index in [-0.39, 0.29) is 36.5 Å². The second-order valence-electron chi connectivity index (χ2n) is 15.5. The second kappa shape index (κ2) is 22.4. The highest BCUT2D eigenvalue weighted by Crippen LogP contribution is 2.41. The van der Waals surface area contributed by atoms with Crippen LogP contribution in [-0.4, -0.2) is 84.8 Å². The number of likely N-dealkylation sites (tertiary alicyclic amines) is 1. The summed E-state index contributed by atoms with van der Waals surface area (Å²) in [5.41, 5.74) is 8.02. The van der Waals surface area contributed by atoms with Crippen LogP contribution in [0.1, 0.15) is 128 Å². The number of rotatable bonds is 11. The van der Waals surface area contributed by atoms with E-state index >= 15 is 0 Å². The first-order chi connectivity index (χ1) is 22.1. The van der Waals surface area contributed by atoms with Gasteiger partial charge in [0.15, 0.2) is 5.78 Å². The van der Waals surface area contributed by atoms with Crippen molar-refractivity contribution in [1.29, 1.82) is 0 Å². The highest BCUT2D eigenvalue weighted by Gasteiger charge is 2.47. The molecule has 0 bridgehead atoms. The van der Waals surface area contributed by atoms with E-state index in [0.29, 0.717) is 31.2 Å². The van der Waals surface area contributed by atoms with Crippen LogP contribution in [0.4, 0.5) is 4.79 Å². The predicted octanol–water partition coefficient (Wildman–Crippen LogP) is 3.81. The molecule has 2 rings (SSSR count). The number of amides is 5. The van der Waals surface area contributed by atoms with Gasteiger partial charge >= 0.3 is 12.0 Å². The summed E-state index contributed by atoms with van der Waals surface area (Å²) in [5, 5.41) is 8.20. The van der Waals surface area contributed by atoms with Gasteiger partial charge in [-0.2, -0.15) is 0 Å². The van der Waals surface area contributed by atoms with E-state index in [2.05, 4.69) is 55.1 Å². The van der Waals surface area contributed by atoms with E-state index in [1.165, 1.54) is 14.0 Å². The van der Waals surface area contributed by atoms with Gasteiger partial charge in [-0.3, -0.25) is 24.0 Å². The Morgan fingerprint density at radius 2 is 1.48 bits per heavy atom. The van der Waals surface area contributed by atoms with Gasteiger partial charge in [0.25, 0.3) is 0 Å². The first-order valence-electron chi connectivity index (χ1n) is 17.2. The molecule has 4 unspecified atom stereocenters. The number of esters is 1. The molecule has 1 aliphatic carbocycles. The molecule has 7 N–H and O–H groups in total. The highest BCUT2D eigenvalue weighted by atomic mass is 16.6. The molecule has 280 valence electrons. The zero-order chi connectivity index (χ0) is 37.9. The number of carbonyl (C=O) groups is 6. The highest BCUT2D eigenvalue weighted by molar-refractivity contribution is 5.95. The molecule has 48 heavy (non-hydrogen) atoms. The van der Waals surface area contributed by atoms with Crippen molar-refractivity contribution in [3.05, 3.63) is 0 Å². The third kappa shape index (κ3) is 19.6. The minimum absolute atomic E-state index is 0.103. The van der Waals surface area contributed by atoms with Gasteiger partial charge in [0.1, 0.15) is 24.2 Å². The lowest BCUT2D eigenvalue weighted by Crippen LogP contribution is -2.60. The van der Waals surface area contributed by atoms with Gasteiger partial charge in [0.2, 0.25) is 18.2 Å². The van der Waals surface area contributed by atoms with E-state index in [4.69, 9.17) is 9.53 Å². The lowest BCUT2D eigenvalue weighted by Gasteiger charge is -2.37.